The molecule has 3 N–H and O–H groups in total. The second-order valence-corrected chi connectivity index (χ2v) is 4.75. The van der Waals surface area contributed by atoms with Crippen LogP contribution in [-0.4, -0.2) is 29.7 Å². The van der Waals surface area contributed by atoms with Crippen molar-refractivity contribution in [2.24, 2.45) is 5.92 Å². The number of urea groups is 1. The first-order valence-electron chi connectivity index (χ1n) is 6.36. The van der Waals surface area contributed by atoms with Crippen molar-refractivity contribution in [3.63, 3.8) is 0 Å². The summed E-state index contributed by atoms with van der Waals surface area (Å²) in [6.07, 6.45) is 7.44. The summed E-state index contributed by atoms with van der Waals surface area (Å²) in [5.74, 6) is -0.298. The van der Waals surface area contributed by atoms with Crippen LogP contribution in [0.15, 0.2) is 0 Å². The number of carboxylic acid groups (broad SMARTS) is 1. The van der Waals surface area contributed by atoms with Gasteiger partial charge in [0, 0.05) is 6.54 Å². The van der Waals surface area contributed by atoms with E-state index in [1.165, 1.54) is 39.0 Å². The molecule has 1 saturated carbocycles. The second kappa shape index (κ2) is 7.14. The molecule has 98 valence electrons. The average Bonchev–Trinajstić information content (AvgIpc) is 2.30. The monoisotopic (exact) mass is 242 g/mol. The van der Waals surface area contributed by atoms with Gasteiger partial charge < -0.3 is 15.7 Å². The highest BCUT2D eigenvalue weighted by Crippen LogP contribution is 2.25. The van der Waals surface area contributed by atoms with Crippen LogP contribution in [0, 0.1) is 5.92 Å². The molecule has 0 unspecified atom stereocenters. The maximum Gasteiger partial charge on any atom is 0.325 e. The minimum atomic E-state index is -1.02. The Labute approximate surface area is 102 Å². The van der Waals surface area contributed by atoms with Crippen LogP contribution in [-0.2, 0) is 4.79 Å². The highest BCUT2D eigenvalue weighted by molar-refractivity contribution is 5.82. The first-order chi connectivity index (χ1) is 8.09. The minimum absolute atomic E-state index is 0.393. The van der Waals surface area contributed by atoms with Crippen molar-refractivity contribution < 1.29 is 14.7 Å². The molecular formula is C12H22N2O3. The van der Waals surface area contributed by atoms with Crippen LogP contribution >= 0.6 is 0 Å². The Hall–Kier alpha value is -1.26. The van der Waals surface area contributed by atoms with Crippen LogP contribution < -0.4 is 10.6 Å². The molecule has 0 heterocycles. The number of carbonyl (C=O) groups excluding carboxylic acids is 1. The molecule has 1 aliphatic rings. The van der Waals surface area contributed by atoms with E-state index in [-0.39, 0.29) is 0 Å². The van der Waals surface area contributed by atoms with Crippen LogP contribution in [0.5, 0.6) is 0 Å². The van der Waals surface area contributed by atoms with Crippen molar-refractivity contribution in [1.29, 1.82) is 0 Å². The fraction of sp³-hybridized carbons (Fsp3) is 0.833. The number of hydrogen-bond acceptors (Lipinski definition) is 2. The van der Waals surface area contributed by atoms with E-state index in [4.69, 9.17) is 5.11 Å². The molecule has 0 aliphatic heterocycles. The predicted molar refractivity (Wildman–Crippen MR) is 64.8 cm³/mol. The van der Waals surface area contributed by atoms with Gasteiger partial charge in [-0.05, 0) is 19.3 Å². The summed E-state index contributed by atoms with van der Waals surface area (Å²) < 4.78 is 0. The van der Waals surface area contributed by atoms with Crippen LogP contribution in [0.4, 0.5) is 4.79 Å². The Kier molecular flexibility index (Phi) is 5.80. The van der Waals surface area contributed by atoms with E-state index in [1.54, 1.807) is 0 Å². The first-order valence-corrected chi connectivity index (χ1v) is 6.36. The summed E-state index contributed by atoms with van der Waals surface area (Å²) in [6.45, 7) is 2.08. The Morgan fingerprint density at radius 3 is 2.53 bits per heavy atom. The molecule has 0 saturated heterocycles. The number of carboxylic acids is 1. The molecule has 1 atom stereocenters. The van der Waals surface area contributed by atoms with Gasteiger partial charge in [-0.1, -0.05) is 32.1 Å². The maximum absolute atomic E-state index is 11.3. The van der Waals surface area contributed by atoms with Crippen LogP contribution in [0.2, 0.25) is 0 Å². The zero-order valence-corrected chi connectivity index (χ0v) is 10.4. The van der Waals surface area contributed by atoms with E-state index in [0.29, 0.717) is 6.54 Å². The van der Waals surface area contributed by atoms with Gasteiger partial charge in [0.25, 0.3) is 0 Å². The van der Waals surface area contributed by atoms with Crippen molar-refractivity contribution >= 4 is 12.0 Å². The Morgan fingerprint density at radius 1 is 1.29 bits per heavy atom. The molecule has 1 rings (SSSR count). The van der Waals surface area contributed by atoms with E-state index in [9.17, 15) is 9.59 Å². The molecule has 1 fully saturated rings. The van der Waals surface area contributed by atoms with E-state index in [0.717, 1.165) is 12.3 Å². The van der Waals surface area contributed by atoms with E-state index in [1.807, 2.05) is 0 Å². The molecule has 0 aromatic rings. The van der Waals surface area contributed by atoms with Crippen LogP contribution in [0.3, 0.4) is 0 Å². The Balaban J connectivity index is 2.09. The highest BCUT2D eigenvalue weighted by Gasteiger charge is 2.15. The fourth-order valence-electron chi connectivity index (χ4n) is 2.18. The molecule has 0 aromatic carbocycles. The summed E-state index contributed by atoms with van der Waals surface area (Å²) in [4.78, 5) is 21.8. The third-order valence-corrected chi connectivity index (χ3v) is 3.28. The summed E-state index contributed by atoms with van der Waals surface area (Å²) in [6, 6.07) is -1.24. The molecule has 2 amide bonds. The molecule has 17 heavy (non-hydrogen) atoms. The molecular weight excluding hydrogens is 220 g/mol. The van der Waals surface area contributed by atoms with Gasteiger partial charge in [0.1, 0.15) is 6.04 Å². The first kappa shape index (κ1) is 13.8. The number of nitrogens with one attached hydrogen (secondary N) is 2. The molecule has 1 aliphatic carbocycles. The lowest BCUT2D eigenvalue weighted by atomic mass is 9.87. The van der Waals surface area contributed by atoms with E-state index >= 15 is 0 Å². The lowest BCUT2D eigenvalue weighted by Gasteiger charge is -2.21. The smallest absolute Gasteiger partial charge is 0.325 e. The summed E-state index contributed by atoms with van der Waals surface area (Å²) in [5.41, 5.74) is 0. The van der Waals surface area contributed by atoms with Crippen molar-refractivity contribution in [1.82, 2.24) is 10.6 Å². The third kappa shape index (κ3) is 5.56. The van der Waals surface area contributed by atoms with Gasteiger partial charge in [-0.2, -0.15) is 0 Å². The van der Waals surface area contributed by atoms with Crippen LogP contribution in [0.25, 0.3) is 0 Å². The zero-order chi connectivity index (χ0) is 12.7. The van der Waals surface area contributed by atoms with E-state index < -0.39 is 18.0 Å². The van der Waals surface area contributed by atoms with Gasteiger partial charge in [0.2, 0.25) is 0 Å². The number of amides is 2. The summed E-state index contributed by atoms with van der Waals surface area (Å²) >= 11 is 0. The fourth-order valence-corrected chi connectivity index (χ4v) is 2.18. The Bertz CT molecular complexity index is 262. The molecule has 0 aromatic heterocycles. The summed E-state index contributed by atoms with van der Waals surface area (Å²) in [7, 11) is 0. The highest BCUT2D eigenvalue weighted by atomic mass is 16.4. The van der Waals surface area contributed by atoms with Gasteiger partial charge in [-0.25, -0.2) is 4.79 Å². The largest absolute Gasteiger partial charge is 0.480 e. The van der Waals surface area contributed by atoms with Gasteiger partial charge in [0.05, 0.1) is 0 Å². The maximum atomic E-state index is 11.3. The molecule has 0 radical (unpaired) electrons. The quantitative estimate of drug-likeness (QED) is 0.687. The molecule has 5 nitrogen and oxygen atoms in total. The van der Waals surface area contributed by atoms with E-state index in [2.05, 4.69) is 10.6 Å². The van der Waals surface area contributed by atoms with Gasteiger partial charge in [-0.3, -0.25) is 4.79 Å². The zero-order valence-electron chi connectivity index (χ0n) is 10.4. The standard InChI is InChI=1S/C12H22N2O3/c1-9(11(15)16)14-12(17)13-8-7-10-5-3-2-4-6-10/h9-10H,2-8H2,1H3,(H,15,16)(H2,13,14,17)/t9-/m1/s1. The van der Waals surface area contributed by atoms with Gasteiger partial charge in [0.15, 0.2) is 0 Å². The van der Waals surface area contributed by atoms with Gasteiger partial charge in [-0.15, -0.1) is 0 Å². The lowest BCUT2D eigenvalue weighted by Crippen LogP contribution is -2.44. The SMILES string of the molecule is C[C@@H](NC(=O)NCCC1CCCCC1)C(=O)O. The predicted octanol–water partition coefficient (Wildman–Crippen LogP) is 1.73. The Morgan fingerprint density at radius 2 is 1.94 bits per heavy atom. The van der Waals surface area contributed by atoms with Crippen molar-refractivity contribution in [3.8, 4) is 0 Å². The topological polar surface area (TPSA) is 78.4 Å². The number of rotatable bonds is 5. The normalized spacial score (nSPS) is 18.4. The molecule has 5 heteroatoms. The van der Waals surface area contributed by atoms with Crippen molar-refractivity contribution in [3.05, 3.63) is 0 Å². The van der Waals surface area contributed by atoms with Crippen molar-refractivity contribution in [2.45, 2.75) is 51.5 Å². The lowest BCUT2D eigenvalue weighted by molar-refractivity contribution is -0.138. The van der Waals surface area contributed by atoms with Crippen molar-refractivity contribution in [2.75, 3.05) is 6.54 Å². The minimum Gasteiger partial charge on any atom is -0.480 e. The number of hydrogen-bond donors (Lipinski definition) is 3. The second-order valence-electron chi connectivity index (χ2n) is 4.75. The number of carbonyl (C=O) groups is 2. The molecule has 0 bridgehead atoms. The summed E-state index contributed by atoms with van der Waals surface area (Å²) in [5, 5.41) is 13.7. The average molecular weight is 242 g/mol. The molecule has 0 spiro atoms. The van der Waals surface area contributed by atoms with Gasteiger partial charge >= 0.3 is 12.0 Å². The third-order valence-electron chi connectivity index (χ3n) is 3.28. The van der Waals surface area contributed by atoms with Crippen LogP contribution in [0.1, 0.15) is 45.4 Å². The number of aliphatic carboxylic acids is 1.